The van der Waals surface area contributed by atoms with Crippen LogP contribution in [0.1, 0.15) is 30.1 Å². The Balaban J connectivity index is 2.02. The first-order valence-corrected chi connectivity index (χ1v) is 11.4. The zero-order valence-electron chi connectivity index (χ0n) is 15.5. The second kappa shape index (κ2) is 7.66. The fraction of sp³-hybridized carbons (Fsp3) is 0.208. The van der Waals surface area contributed by atoms with Crippen molar-refractivity contribution in [1.29, 1.82) is 0 Å². The summed E-state index contributed by atoms with van der Waals surface area (Å²) in [5, 5.41) is 3.84. The molecule has 136 valence electrons. The molecule has 2 nitrogen and oxygen atoms in total. The van der Waals surface area contributed by atoms with Crippen LogP contribution in [0.2, 0.25) is 0 Å². The van der Waals surface area contributed by atoms with E-state index < -0.39 is 7.26 Å². The first-order chi connectivity index (χ1) is 13.3. The lowest BCUT2D eigenvalue weighted by molar-refractivity contribution is 0.0528. The van der Waals surface area contributed by atoms with Crippen LogP contribution < -0.4 is 15.9 Å². The van der Waals surface area contributed by atoms with E-state index in [0.717, 1.165) is 5.30 Å². The maximum absolute atomic E-state index is 12.8. The van der Waals surface area contributed by atoms with Gasteiger partial charge in [0.2, 0.25) is 0 Å². The Morgan fingerprint density at radius 3 is 1.89 bits per heavy atom. The molecule has 1 aliphatic rings. The molecule has 1 aliphatic carbocycles. The van der Waals surface area contributed by atoms with Gasteiger partial charge in [0.1, 0.15) is 28.7 Å². The third kappa shape index (κ3) is 3.19. The molecule has 0 N–H and O–H groups in total. The smallest absolute Gasteiger partial charge is 0.342 e. The van der Waals surface area contributed by atoms with Crippen LogP contribution in [0.5, 0.6) is 0 Å². The Kier molecular flexibility index (Phi) is 5.09. The lowest BCUT2D eigenvalue weighted by atomic mass is 10.2. The molecule has 0 saturated heterocycles. The molecule has 1 saturated carbocycles. The quantitative estimate of drug-likeness (QED) is 0.474. The summed E-state index contributed by atoms with van der Waals surface area (Å²) >= 11 is 0. The van der Waals surface area contributed by atoms with Gasteiger partial charge in [-0.15, -0.1) is 0 Å². The average molecular weight is 375 g/mol. The summed E-state index contributed by atoms with van der Waals surface area (Å²) in [6.07, 6.45) is 2.41. The topological polar surface area (TPSA) is 26.3 Å². The van der Waals surface area contributed by atoms with Crippen molar-refractivity contribution in [2.75, 3.05) is 6.61 Å². The first kappa shape index (κ1) is 17.9. The molecule has 0 unspecified atom stereocenters. The van der Waals surface area contributed by atoms with Crippen LogP contribution in [0.3, 0.4) is 0 Å². The molecule has 1 fully saturated rings. The highest BCUT2D eigenvalue weighted by molar-refractivity contribution is 7.96. The van der Waals surface area contributed by atoms with E-state index in [9.17, 15) is 4.79 Å². The van der Waals surface area contributed by atoms with Crippen molar-refractivity contribution < 1.29 is 9.53 Å². The summed E-state index contributed by atoms with van der Waals surface area (Å²) in [5.41, 5.74) is 1.30. The Morgan fingerprint density at radius 2 is 1.37 bits per heavy atom. The molecule has 27 heavy (non-hydrogen) atoms. The van der Waals surface area contributed by atoms with Gasteiger partial charge in [-0.05, 0) is 56.2 Å². The van der Waals surface area contributed by atoms with Crippen molar-refractivity contribution in [3.8, 4) is 0 Å². The van der Waals surface area contributed by atoms with Crippen molar-refractivity contribution in [3.05, 3.63) is 90.5 Å². The summed E-state index contributed by atoms with van der Waals surface area (Å²) in [4.78, 5) is 12.8. The molecule has 0 heterocycles. The van der Waals surface area contributed by atoms with Crippen LogP contribution >= 0.6 is 7.26 Å². The number of ether oxygens (including phenoxy) is 1. The lowest BCUT2D eigenvalue weighted by Gasteiger charge is -2.29. The van der Waals surface area contributed by atoms with Crippen molar-refractivity contribution in [2.45, 2.75) is 25.4 Å². The second-order valence-electron chi connectivity index (χ2n) is 6.86. The number of esters is 1. The van der Waals surface area contributed by atoms with Gasteiger partial charge in [-0.25, -0.2) is 4.79 Å². The van der Waals surface area contributed by atoms with Gasteiger partial charge in [0.25, 0.3) is 0 Å². The molecule has 0 bridgehead atoms. The molecule has 0 radical (unpaired) electrons. The fourth-order valence-electron chi connectivity index (χ4n) is 4.00. The minimum Gasteiger partial charge on any atom is -0.462 e. The SMILES string of the molecule is CCOC(=O)c1ccccc1[P+](c1ccccc1)(c1ccccc1)C1CC1. The molecular formula is C24H24O2P+. The number of benzene rings is 3. The van der Waals surface area contributed by atoms with E-state index in [4.69, 9.17) is 4.74 Å². The van der Waals surface area contributed by atoms with E-state index >= 15 is 0 Å². The molecular weight excluding hydrogens is 351 g/mol. The molecule has 4 rings (SSSR count). The standard InChI is InChI=1S/C24H24O2P/c1-2-26-24(25)22-15-9-10-16-23(22)27(21-17-18-21,19-11-5-3-6-12-19)20-13-7-4-8-14-20/h3-16,21H,2,17-18H2,1H3/q+1. The molecule has 0 aliphatic heterocycles. The van der Waals surface area contributed by atoms with Gasteiger partial charge >= 0.3 is 5.97 Å². The van der Waals surface area contributed by atoms with E-state index in [1.165, 1.54) is 23.5 Å². The number of carbonyl (C=O) groups is 1. The van der Waals surface area contributed by atoms with Crippen LogP contribution in [0.4, 0.5) is 0 Å². The lowest BCUT2D eigenvalue weighted by Crippen LogP contribution is -2.37. The number of rotatable bonds is 6. The zero-order chi connectivity index (χ0) is 18.7. The maximum Gasteiger partial charge on any atom is 0.342 e. The molecule has 3 aromatic rings. The summed E-state index contributed by atoms with van der Waals surface area (Å²) in [6, 6.07) is 29.6. The van der Waals surface area contributed by atoms with E-state index in [1.807, 2.05) is 19.1 Å². The third-order valence-corrected chi connectivity index (χ3v) is 10.2. The number of carbonyl (C=O) groups excluding carboxylic acids is 1. The number of hydrogen-bond acceptors (Lipinski definition) is 2. The van der Waals surface area contributed by atoms with Crippen molar-refractivity contribution >= 4 is 29.1 Å². The highest BCUT2D eigenvalue weighted by atomic mass is 31.2. The predicted molar refractivity (Wildman–Crippen MR) is 114 cm³/mol. The summed E-state index contributed by atoms with van der Waals surface area (Å²) < 4.78 is 5.41. The zero-order valence-corrected chi connectivity index (χ0v) is 16.4. The Labute approximate surface area is 161 Å². The van der Waals surface area contributed by atoms with Crippen LogP contribution in [-0.4, -0.2) is 18.2 Å². The molecule has 3 aromatic carbocycles. The molecule has 0 spiro atoms. The summed E-state index contributed by atoms with van der Waals surface area (Å²) in [7, 11) is -1.93. The van der Waals surface area contributed by atoms with Crippen LogP contribution in [-0.2, 0) is 4.74 Å². The minimum absolute atomic E-state index is 0.218. The van der Waals surface area contributed by atoms with Gasteiger partial charge in [-0.3, -0.25) is 0 Å². The van der Waals surface area contributed by atoms with Gasteiger partial charge in [0.05, 0.1) is 12.3 Å². The van der Waals surface area contributed by atoms with Crippen molar-refractivity contribution in [3.63, 3.8) is 0 Å². The fourth-order valence-corrected chi connectivity index (χ4v) is 9.16. The van der Waals surface area contributed by atoms with E-state index in [-0.39, 0.29) is 5.97 Å². The van der Waals surface area contributed by atoms with Crippen LogP contribution in [0.15, 0.2) is 84.9 Å². The maximum atomic E-state index is 12.8. The average Bonchev–Trinajstić information content (AvgIpc) is 3.57. The Hall–Kier alpha value is -2.44. The first-order valence-electron chi connectivity index (χ1n) is 9.55. The largest absolute Gasteiger partial charge is 0.462 e. The molecule has 0 aromatic heterocycles. The van der Waals surface area contributed by atoms with Crippen LogP contribution in [0, 0.1) is 0 Å². The summed E-state index contributed by atoms with van der Waals surface area (Å²) in [5.74, 6) is -0.218. The number of hydrogen-bond donors (Lipinski definition) is 0. The van der Waals surface area contributed by atoms with Gasteiger partial charge < -0.3 is 4.74 Å². The highest BCUT2D eigenvalue weighted by Gasteiger charge is 2.58. The highest BCUT2D eigenvalue weighted by Crippen LogP contribution is 2.68. The normalized spacial score (nSPS) is 14.0. The molecule has 0 atom stereocenters. The van der Waals surface area contributed by atoms with Gasteiger partial charge in [-0.2, -0.15) is 0 Å². The predicted octanol–water partition coefficient (Wildman–Crippen LogP) is 4.32. The van der Waals surface area contributed by atoms with E-state index in [1.54, 1.807) is 0 Å². The van der Waals surface area contributed by atoms with Gasteiger partial charge in [0.15, 0.2) is 0 Å². The van der Waals surface area contributed by atoms with Crippen molar-refractivity contribution in [2.24, 2.45) is 0 Å². The van der Waals surface area contributed by atoms with Gasteiger partial charge in [-0.1, -0.05) is 48.5 Å². The Bertz CT molecular complexity index is 878. The minimum atomic E-state index is -1.93. The van der Waals surface area contributed by atoms with E-state index in [2.05, 4.69) is 72.8 Å². The second-order valence-corrected chi connectivity index (χ2v) is 10.6. The Morgan fingerprint density at radius 1 is 0.852 bits per heavy atom. The monoisotopic (exact) mass is 375 g/mol. The molecule has 0 amide bonds. The van der Waals surface area contributed by atoms with E-state index in [0.29, 0.717) is 17.8 Å². The molecule has 3 heteroatoms. The third-order valence-electron chi connectivity index (χ3n) is 5.20. The summed E-state index contributed by atoms with van der Waals surface area (Å²) in [6.45, 7) is 2.25. The van der Waals surface area contributed by atoms with Crippen molar-refractivity contribution in [1.82, 2.24) is 0 Å². The van der Waals surface area contributed by atoms with Crippen LogP contribution in [0.25, 0.3) is 0 Å². The van der Waals surface area contributed by atoms with Gasteiger partial charge in [0, 0.05) is 0 Å².